The van der Waals surface area contributed by atoms with E-state index in [0.717, 1.165) is 10.0 Å². The summed E-state index contributed by atoms with van der Waals surface area (Å²) in [5.74, 6) is -0.541. The molecule has 0 radical (unpaired) electrons. The van der Waals surface area contributed by atoms with Gasteiger partial charge in [0.25, 0.3) is 0 Å². The van der Waals surface area contributed by atoms with Crippen molar-refractivity contribution in [2.75, 3.05) is 0 Å². The van der Waals surface area contributed by atoms with Crippen molar-refractivity contribution in [2.45, 2.75) is 40.2 Å². The molecule has 0 saturated heterocycles. The molecule has 5 heteroatoms. The highest BCUT2D eigenvalue weighted by Gasteiger charge is 2.50. The van der Waals surface area contributed by atoms with E-state index in [1.54, 1.807) is 19.9 Å². The van der Waals surface area contributed by atoms with Crippen LogP contribution in [0.15, 0.2) is 22.4 Å². The molecule has 2 rings (SSSR count). The van der Waals surface area contributed by atoms with E-state index < -0.39 is 17.0 Å². The lowest BCUT2D eigenvalue weighted by Crippen LogP contribution is -2.48. The van der Waals surface area contributed by atoms with E-state index in [1.807, 2.05) is 26.8 Å². The molecule has 0 bridgehead atoms. The molecular weight excluding hydrogens is 356 g/mol. The fourth-order valence-corrected chi connectivity index (χ4v) is 3.41. The smallest absolute Gasteiger partial charge is 0.342 e. The highest BCUT2D eigenvalue weighted by atomic mass is 79.9. The summed E-state index contributed by atoms with van der Waals surface area (Å²) in [6.45, 7) is 9.10. The van der Waals surface area contributed by atoms with Crippen LogP contribution >= 0.6 is 27.5 Å². The number of esters is 1. The Morgan fingerprint density at radius 2 is 1.81 bits per heavy atom. The van der Waals surface area contributed by atoms with Crippen LogP contribution in [0.3, 0.4) is 0 Å². The van der Waals surface area contributed by atoms with Gasteiger partial charge in [-0.25, -0.2) is 4.79 Å². The van der Waals surface area contributed by atoms with E-state index >= 15 is 0 Å². The number of aryl methyl sites for hydroxylation is 1. The molecular formula is C16H18BrClO3. The van der Waals surface area contributed by atoms with Gasteiger partial charge in [0.05, 0.1) is 10.4 Å². The number of rotatable bonds is 1. The molecule has 0 unspecified atom stereocenters. The van der Waals surface area contributed by atoms with Crippen molar-refractivity contribution in [1.29, 1.82) is 0 Å². The average Bonchev–Trinajstić information content (AvgIpc) is 2.30. The number of aliphatic hydroxyl groups is 1. The first-order valence-corrected chi connectivity index (χ1v) is 7.79. The first kappa shape index (κ1) is 16.4. The lowest BCUT2D eigenvalue weighted by molar-refractivity contribution is -0.164. The van der Waals surface area contributed by atoms with E-state index in [9.17, 15) is 9.90 Å². The molecule has 1 heterocycles. The number of carbonyl (C=O) groups excluding carboxylic acids is 1. The van der Waals surface area contributed by atoms with Crippen LogP contribution in [0.25, 0.3) is 5.57 Å². The minimum absolute atomic E-state index is 0.0103. The van der Waals surface area contributed by atoms with Crippen LogP contribution in [0.4, 0.5) is 0 Å². The molecule has 0 fully saturated rings. The Morgan fingerprint density at radius 1 is 1.24 bits per heavy atom. The zero-order chi connectivity index (χ0) is 16.2. The number of aliphatic hydroxyl groups excluding tert-OH is 1. The van der Waals surface area contributed by atoms with Crippen LogP contribution in [0.1, 0.15) is 38.8 Å². The maximum absolute atomic E-state index is 12.4. The summed E-state index contributed by atoms with van der Waals surface area (Å²) in [5.41, 5.74) is -0.0457. The van der Waals surface area contributed by atoms with Gasteiger partial charge < -0.3 is 9.84 Å². The standard InChI is InChI=1S/C16H18BrClO3/c1-8-6-9(17)7-10(18)11(8)12-13(19)15(2,3)16(4,5)21-14(12)20/h6-7,19H,1-5H3. The molecule has 0 spiro atoms. The van der Waals surface area contributed by atoms with Gasteiger partial charge in [0.15, 0.2) is 0 Å². The summed E-state index contributed by atoms with van der Waals surface area (Å²) >= 11 is 9.64. The van der Waals surface area contributed by atoms with E-state index in [2.05, 4.69) is 15.9 Å². The van der Waals surface area contributed by atoms with Gasteiger partial charge in [0.2, 0.25) is 0 Å². The monoisotopic (exact) mass is 372 g/mol. The van der Waals surface area contributed by atoms with Crippen molar-refractivity contribution in [3.05, 3.63) is 38.5 Å². The van der Waals surface area contributed by atoms with Crippen LogP contribution < -0.4 is 0 Å². The van der Waals surface area contributed by atoms with Gasteiger partial charge in [-0.15, -0.1) is 0 Å². The van der Waals surface area contributed by atoms with Gasteiger partial charge in [0.1, 0.15) is 16.9 Å². The quantitative estimate of drug-likeness (QED) is 0.701. The summed E-state index contributed by atoms with van der Waals surface area (Å²) in [7, 11) is 0. The number of carbonyl (C=O) groups is 1. The lowest BCUT2D eigenvalue weighted by Gasteiger charge is -2.44. The predicted molar refractivity (Wildman–Crippen MR) is 87.4 cm³/mol. The van der Waals surface area contributed by atoms with Crippen molar-refractivity contribution in [3.63, 3.8) is 0 Å². The van der Waals surface area contributed by atoms with Crippen LogP contribution in [-0.4, -0.2) is 16.7 Å². The summed E-state index contributed by atoms with van der Waals surface area (Å²) < 4.78 is 6.36. The molecule has 0 atom stereocenters. The third-order valence-electron chi connectivity index (χ3n) is 4.39. The molecule has 1 aliphatic heterocycles. The van der Waals surface area contributed by atoms with Crippen LogP contribution in [0.5, 0.6) is 0 Å². The molecule has 3 nitrogen and oxygen atoms in total. The van der Waals surface area contributed by atoms with Crippen molar-refractivity contribution >= 4 is 39.1 Å². The number of halogens is 2. The Labute approximate surface area is 138 Å². The molecule has 0 saturated carbocycles. The fourth-order valence-electron chi connectivity index (χ4n) is 2.34. The van der Waals surface area contributed by atoms with E-state index in [-0.39, 0.29) is 11.3 Å². The zero-order valence-corrected chi connectivity index (χ0v) is 15.0. The van der Waals surface area contributed by atoms with Gasteiger partial charge in [0, 0.05) is 10.0 Å². The minimum Gasteiger partial charge on any atom is -0.511 e. The maximum Gasteiger partial charge on any atom is 0.342 e. The lowest BCUT2D eigenvalue weighted by atomic mass is 9.71. The van der Waals surface area contributed by atoms with Crippen LogP contribution in [0, 0.1) is 12.3 Å². The normalized spacial score (nSPS) is 20.4. The topological polar surface area (TPSA) is 46.5 Å². The SMILES string of the molecule is Cc1cc(Br)cc(Cl)c1C1=C(O)C(C)(C)C(C)(C)OC1=O. The molecule has 0 aliphatic carbocycles. The largest absolute Gasteiger partial charge is 0.511 e. The minimum atomic E-state index is -0.798. The van der Waals surface area contributed by atoms with Gasteiger partial charge in [-0.1, -0.05) is 27.5 Å². The van der Waals surface area contributed by atoms with E-state index in [1.165, 1.54) is 0 Å². The van der Waals surface area contributed by atoms with Gasteiger partial charge in [-0.2, -0.15) is 0 Å². The maximum atomic E-state index is 12.4. The van der Waals surface area contributed by atoms with Crippen molar-refractivity contribution in [3.8, 4) is 0 Å². The molecule has 1 aromatic carbocycles. The number of hydrogen-bond donors (Lipinski definition) is 1. The number of hydrogen-bond acceptors (Lipinski definition) is 3. The van der Waals surface area contributed by atoms with Crippen LogP contribution in [-0.2, 0) is 9.53 Å². The Morgan fingerprint density at radius 3 is 2.33 bits per heavy atom. The molecule has 1 N–H and O–H groups in total. The highest BCUT2D eigenvalue weighted by Crippen LogP contribution is 2.48. The molecule has 114 valence electrons. The zero-order valence-electron chi connectivity index (χ0n) is 12.7. The molecule has 0 aromatic heterocycles. The van der Waals surface area contributed by atoms with Crippen molar-refractivity contribution < 1.29 is 14.6 Å². The summed E-state index contributed by atoms with van der Waals surface area (Å²) in [6.07, 6.45) is 0. The second kappa shape index (κ2) is 5.03. The summed E-state index contributed by atoms with van der Waals surface area (Å²) in [5, 5.41) is 11.1. The van der Waals surface area contributed by atoms with Gasteiger partial charge in [-0.05, 0) is 52.3 Å². The first-order valence-electron chi connectivity index (χ1n) is 6.62. The third kappa shape index (κ3) is 2.49. The number of ether oxygens (including phenoxy) is 1. The Balaban J connectivity index is 2.77. The number of benzene rings is 1. The molecule has 21 heavy (non-hydrogen) atoms. The van der Waals surface area contributed by atoms with Crippen molar-refractivity contribution in [2.24, 2.45) is 5.41 Å². The summed E-state index contributed by atoms with van der Waals surface area (Å²) in [4.78, 5) is 12.4. The fraction of sp³-hybridized carbons (Fsp3) is 0.438. The van der Waals surface area contributed by atoms with Gasteiger partial charge in [-0.3, -0.25) is 0 Å². The Kier molecular flexibility index (Phi) is 3.92. The van der Waals surface area contributed by atoms with Crippen molar-refractivity contribution in [1.82, 2.24) is 0 Å². The molecule has 0 amide bonds. The van der Waals surface area contributed by atoms with Gasteiger partial charge >= 0.3 is 5.97 Å². The highest BCUT2D eigenvalue weighted by molar-refractivity contribution is 9.10. The van der Waals surface area contributed by atoms with E-state index in [0.29, 0.717) is 10.6 Å². The molecule has 1 aromatic rings. The molecule has 1 aliphatic rings. The summed E-state index contributed by atoms with van der Waals surface area (Å²) in [6, 6.07) is 3.55. The first-order chi connectivity index (χ1) is 9.49. The second-order valence-electron chi connectivity index (χ2n) is 6.33. The van der Waals surface area contributed by atoms with E-state index in [4.69, 9.17) is 16.3 Å². The van der Waals surface area contributed by atoms with Crippen LogP contribution in [0.2, 0.25) is 5.02 Å². The predicted octanol–water partition coefficient (Wildman–Crippen LogP) is 5.04. The second-order valence-corrected chi connectivity index (χ2v) is 7.65. The average molecular weight is 374 g/mol. The third-order valence-corrected chi connectivity index (χ3v) is 5.14. The number of cyclic esters (lactones) is 1. The Hall–Kier alpha value is -1.00. The Bertz CT molecular complexity index is 636.